The minimum absolute atomic E-state index is 0.0113. The zero-order valence-corrected chi connectivity index (χ0v) is 17.9. The maximum absolute atomic E-state index is 12.4. The van der Waals surface area contributed by atoms with Crippen LogP contribution in [-0.2, 0) is 4.79 Å². The molecule has 5 nitrogen and oxygen atoms in total. The SMILES string of the molecule is CCOc1c(I)cc(/C=C(\C#N)C(=O)Nc2ccccc2Br)cc1OC. The zero-order valence-electron chi connectivity index (χ0n) is 14.2. The molecule has 1 amide bonds. The highest BCUT2D eigenvalue weighted by Crippen LogP contribution is 2.34. The van der Waals surface area contributed by atoms with Crippen molar-refractivity contribution >= 4 is 56.2 Å². The van der Waals surface area contributed by atoms with Crippen LogP contribution in [0, 0.1) is 14.9 Å². The van der Waals surface area contributed by atoms with Gasteiger partial charge in [0.05, 0.1) is 23.0 Å². The Labute approximate surface area is 174 Å². The lowest BCUT2D eigenvalue weighted by Gasteiger charge is -2.12. The van der Waals surface area contributed by atoms with Gasteiger partial charge in [-0.1, -0.05) is 12.1 Å². The van der Waals surface area contributed by atoms with Gasteiger partial charge in [-0.05, 0) is 81.3 Å². The molecule has 0 unspecified atom stereocenters. The molecular formula is C19H16BrIN2O3. The van der Waals surface area contributed by atoms with E-state index in [0.717, 1.165) is 8.04 Å². The van der Waals surface area contributed by atoms with Crippen LogP contribution in [0.2, 0.25) is 0 Å². The smallest absolute Gasteiger partial charge is 0.266 e. The second-order valence-corrected chi connectivity index (χ2v) is 7.09. The van der Waals surface area contributed by atoms with Gasteiger partial charge in [-0.25, -0.2) is 0 Å². The van der Waals surface area contributed by atoms with Gasteiger partial charge in [0.15, 0.2) is 11.5 Å². The molecule has 0 fully saturated rings. The molecule has 2 aromatic rings. The molecular weight excluding hydrogens is 511 g/mol. The first-order valence-corrected chi connectivity index (χ1v) is 9.55. The zero-order chi connectivity index (χ0) is 19.1. The fourth-order valence-electron chi connectivity index (χ4n) is 2.18. The van der Waals surface area contributed by atoms with Gasteiger partial charge in [0.2, 0.25) is 0 Å². The van der Waals surface area contributed by atoms with E-state index in [4.69, 9.17) is 9.47 Å². The fraction of sp³-hybridized carbons (Fsp3) is 0.158. The van der Waals surface area contributed by atoms with Crippen LogP contribution in [0.5, 0.6) is 11.5 Å². The Morgan fingerprint density at radius 3 is 2.73 bits per heavy atom. The third kappa shape index (κ3) is 4.99. The van der Waals surface area contributed by atoms with Crippen molar-refractivity contribution in [3.63, 3.8) is 0 Å². The van der Waals surface area contributed by atoms with E-state index in [1.165, 1.54) is 6.08 Å². The van der Waals surface area contributed by atoms with Gasteiger partial charge in [-0.2, -0.15) is 5.26 Å². The second-order valence-electron chi connectivity index (χ2n) is 5.07. The topological polar surface area (TPSA) is 71.3 Å². The molecule has 2 rings (SSSR count). The molecule has 26 heavy (non-hydrogen) atoms. The van der Waals surface area contributed by atoms with Crippen LogP contribution >= 0.6 is 38.5 Å². The standard InChI is InChI=1S/C19H16BrIN2O3/c1-3-26-18-15(21)9-12(10-17(18)25-2)8-13(11-22)19(24)23-16-7-5-4-6-14(16)20/h4-10H,3H2,1-2H3,(H,23,24)/b13-8+. The van der Waals surface area contributed by atoms with Gasteiger partial charge < -0.3 is 14.8 Å². The lowest BCUT2D eigenvalue weighted by atomic mass is 10.1. The Morgan fingerprint density at radius 1 is 1.38 bits per heavy atom. The summed E-state index contributed by atoms with van der Waals surface area (Å²) < 4.78 is 12.5. The molecule has 2 aromatic carbocycles. The molecule has 0 aliphatic rings. The summed E-state index contributed by atoms with van der Waals surface area (Å²) in [5.41, 5.74) is 1.26. The molecule has 1 N–H and O–H groups in total. The quantitative estimate of drug-likeness (QED) is 0.326. The average Bonchev–Trinajstić information content (AvgIpc) is 2.63. The van der Waals surface area contributed by atoms with Crippen LogP contribution in [0.25, 0.3) is 6.08 Å². The number of carbonyl (C=O) groups excluding carboxylic acids is 1. The number of methoxy groups -OCH3 is 1. The first-order chi connectivity index (χ1) is 12.5. The molecule has 0 saturated heterocycles. The number of nitrogens with one attached hydrogen (secondary N) is 1. The summed E-state index contributed by atoms with van der Waals surface area (Å²) >= 11 is 5.50. The maximum Gasteiger partial charge on any atom is 0.266 e. The van der Waals surface area contributed by atoms with Crippen LogP contribution in [0.3, 0.4) is 0 Å². The van der Waals surface area contributed by atoms with Gasteiger partial charge in [0.1, 0.15) is 11.6 Å². The average molecular weight is 527 g/mol. The first kappa shape index (κ1) is 20.3. The van der Waals surface area contributed by atoms with E-state index >= 15 is 0 Å². The largest absolute Gasteiger partial charge is 0.493 e. The first-order valence-electron chi connectivity index (χ1n) is 7.68. The highest BCUT2D eigenvalue weighted by molar-refractivity contribution is 14.1. The van der Waals surface area contributed by atoms with E-state index < -0.39 is 5.91 Å². The molecule has 0 saturated carbocycles. The van der Waals surface area contributed by atoms with Crippen LogP contribution in [0.15, 0.2) is 46.4 Å². The number of rotatable bonds is 6. The predicted octanol–water partition coefficient (Wildman–Crippen LogP) is 5.01. The number of hydrogen-bond donors (Lipinski definition) is 1. The van der Waals surface area contributed by atoms with Crippen molar-refractivity contribution < 1.29 is 14.3 Å². The summed E-state index contributed by atoms with van der Waals surface area (Å²) in [5.74, 6) is 0.708. The molecule has 0 aromatic heterocycles. The maximum atomic E-state index is 12.4. The van der Waals surface area contributed by atoms with Crippen LogP contribution < -0.4 is 14.8 Å². The third-order valence-electron chi connectivity index (χ3n) is 3.34. The summed E-state index contributed by atoms with van der Waals surface area (Å²) in [7, 11) is 1.55. The van der Waals surface area contributed by atoms with E-state index in [1.54, 1.807) is 25.3 Å². The molecule has 0 heterocycles. The van der Waals surface area contributed by atoms with Crippen molar-refractivity contribution in [2.24, 2.45) is 0 Å². The number of carbonyl (C=O) groups is 1. The summed E-state index contributed by atoms with van der Waals surface area (Å²) in [6.45, 7) is 2.41. The monoisotopic (exact) mass is 526 g/mol. The number of anilines is 1. The molecule has 0 atom stereocenters. The number of benzene rings is 2. The number of halogens is 2. The summed E-state index contributed by atoms with van der Waals surface area (Å²) in [5, 5.41) is 12.1. The number of hydrogen-bond acceptors (Lipinski definition) is 4. The minimum atomic E-state index is -0.484. The lowest BCUT2D eigenvalue weighted by Crippen LogP contribution is -2.13. The van der Waals surface area contributed by atoms with Crippen molar-refractivity contribution in [3.05, 3.63) is 55.6 Å². The minimum Gasteiger partial charge on any atom is -0.493 e. The molecule has 0 bridgehead atoms. The number of nitriles is 1. The third-order valence-corrected chi connectivity index (χ3v) is 4.83. The van der Waals surface area contributed by atoms with Crippen molar-refractivity contribution in [1.82, 2.24) is 0 Å². The highest BCUT2D eigenvalue weighted by atomic mass is 127. The molecule has 0 aliphatic carbocycles. The molecule has 134 valence electrons. The van der Waals surface area contributed by atoms with Gasteiger partial charge in [-0.15, -0.1) is 0 Å². The molecule has 7 heteroatoms. The van der Waals surface area contributed by atoms with E-state index in [2.05, 4.69) is 43.8 Å². The Balaban J connectivity index is 2.34. The van der Waals surface area contributed by atoms with Crippen molar-refractivity contribution in [1.29, 1.82) is 5.26 Å². The van der Waals surface area contributed by atoms with E-state index in [0.29, 0.717) is 29.4 Å². The Kier molecular flexibility index (Phi) is 7.48. The number of ether oxygens (including phenoxy) is 2. The normalized spacial score (nSPS) is 10.8. The highest BCUT2D eigenvalue weighted by Gasteiger charge is 2.14. The predicted molar refractivity (Wildman–Crippen MR) is 113 cm³/mol. The van der Waals surface area contributed by atoms with Crippen molar-refractivity contribution in [3.8, 4) is 17.6 Å². The van der Waals surface area contributed by atoms with E-state index in [1.807, 2.05) is 31.2 Å². The van der Waals surface area contributed by atoms with Crippen LogP contribution in [-0.4, -0.2) is 19.6 Å². The number of nitrogens with zero attached hydrogens (tertiary/aromatic N) is 1. The second kappa shape index (κ2) is 9.59. The van der Waals surface area contributed by atoms with E-state index in [-0.39, 0.29) is 5.57 Å². The van der Waals surface area contributed by atoms with Gasteiger partial charge in [0, 0.05) is 4.47 Å². The van der Waals surface area contributed by atoms with Gasteiger partial charge in [0.25, 0.3) is 5.91 Å². The molecule has 0 spiro atoms. The Morgan fingerprint density at radius 2 is 2.12 bits per heavy atom. The molecule has 0 radical (unpaired) electrons. The Hall–Kier alpha value is -2.05. The van der Waals surface area contributed by atoms with Crippen molar-refractivity contribution in [2.75, 3.05) is 19.0 Å². The number of amides is 1. The van der Waals surface area contributed by atoms with Gasteiger partial charge in [-0.3, -0.25) is 4.79 Å². The molecule has 0 aliphatic heterocycles. The van der Waals surface area contributed by atoms with Crippen molar-refractivity contribution in [2.45, 2.75) is 6.92 Å². The lowest BCUT2D eigenvalue weighted by molar-refractivity contribution is -0.112. The summed E-state index contributed by atoms with van der Waals surface area (Å²) in [6, 6.07) is 12.7. The number of para-hydroxylation sites is 1. The van der Waals surface area contributed by atoms with Crippen LogP contribution in [0.4, 0.5) is 5.69 Å². The summed E-state index contributed by atoms with van der Waals surface area (Å²) in [6.07, 6.45) is 1.52. The fourth-order valence-corrected chi connectivity index (χ4v) is 3.34. The van der Waals surface area contributed by atoms with E-state index in [9.17, 15) is 10.1 Å². The summed E-state index contributed by atoms with van der Waals surface area (Å²) in [4.78, 5) is 12.4. The Bertz CT molecular complexity index is 891. The van der Waals surface area contributed by atoms with Crippen LogP contribution in [0.1, 0.15) is 12.5 Å². The van der Waals surface area contributed by atoms with Gasteiger partial charge >= 0.3 is 0 Å².